The molecule has 1 amide bonds. The predicted octanol–water partition coefficient (Wildman–Crippen LogP) is 4.38. The van der Waals surface area contributed by atoms with Crippen molar-refractivity contribution < 1.29 is 4.79 Å². The third-order valence-electron chi connectivity index (χ3n) is 5.11. The highest BCUT2D eigenvalue weighted by Crippen LogP contribution is 2.38. The van der Waals surface area contributed by atoms with Gasteiger partial charge in [-0.15, -0.1) is 10.2 Å². The minimum atomic E-state index is -0.396. The Bertz CT molecular complexity index is 926. The SMILES string of the molecule is Cc1nnc(NC(=O)C(C)Sc2nc3c(cc2C#N)CC(C(C)(C)C)CC3)s1. The van der Waals surface area contributed by atoms with Gasteiger partial charge in [-0.05, 0) is 56.1 Å². The molecule has 0 fully saturated rings. The van der Waals surface area contributed by atoms with Crippen LogP contribution in [0.25, 0.3) is 0 Å². The van der Waals surface area contributed by atoms with E-state index in [9.17, 15) is 10.1 Å². The molecule has 0 aromatic carbocycles. The number of aromatic nitrogens is 3. The lowest BCUT2D eigenvalue weighted by Crippen LogP contribution is -2.27. The molecule has 8 heteroatoms. The van der Waals surface area contributed by atoms with Crippen LogP contribution in [0.4, 0.5) is 5.13 Å². The Morgan fingerprint density at radius 1 is 1.43 bits per heavy atom. The van der Waals surface area contributed by atoms with Crippen molar-refractivity contribution in [3.05, 3.63) is 27.9 Å². The van der Waals surface area contributed by atoms with Crippen LogP contribution in [-0.4, -0.2) is 26.3 Å². The minimum Gasteiger partial charge on any atom is -0.300 e. The summed E-state index contributed by atoms with van der Waals surface area (Å²) in [6, 6.07) is 4.23. The van der Waals surface area contributed by atoms with Crippen LogP contribution in [0.15, 0.2) is 11.1 Å². The number of amides is 1. The third-order valence-corrected chi connectivity index (χ3v) is 6.97. The van der Waals surface area contributed by atoms with Gasteiger partial charge in [0.2, 0.25) is 11.0 Å². The van der Waals surface area contributed by atoms with E-state index < -0.39 is 5.25 Å². The summed E-state index contributed by atoms with van der Waals surface area (Å²) in [5, 5.41) is 21.7. The fraction of sp³-hybridized carbons (Fsp3) is 0.550. The molecule has 1 aliphatic carbocycles. The van der Waals surface area contributed by atoms with E-state index in [1.807, 2.05) is 19.9 Å². The molecule has 1 aliphatic rings. The van der Waals surface area contributed by atoms with Gasteiger partial charge >= 0.3 is 0 Å². The molecule has 6 nitrogen and oxygen atoms in total. The number of rotatable bonds is 4. The van der Waals surface area contributed by atoms with E-state index in [0.29, 0.717) is 21.6 Å². The molecule has 0 saturated carbocycles. The number of carbonyl (C=O) groups excluding carboxylic acids is 1. The molecular weight excluding hydrogens is 390 g/mol. The van der Waals surface area contributed by atoms with Crippen LogP contribution in [0.2, 0.25) is 0 Å². The molecule has 148 valence electrons. The summed E-state index contributed by atoms with van der Waals surface area (Å²) >= 11 is 2.66. The molecule has 2 heterocycles. The molecule has 28 heavy (non-hydrogen) atoms. The molecule has 0 bridgehead atoms. The van der Waals surface area contributed by atoms with E-state index in [1.165, 1.54) is 28.7 Å². The number of fused-ring (bicyclic) bond motifs is 1. The van der Waals surface area contributed by atoms with Crippen LogP contribution in [-0.2, 0) is 17.6 Å². The first-order valence-corrected chi connectivity index (χ1v) is 11.1. The quantitative estimate of drug-likeness (QED) is 0.745. The lowest BCUT2D eigenvalue weighted by molar-refractivity contribution is -0.115. The fourth-order valence-corrected chi connectivity index (χ4v) is 4.82. The molecular formula is C20H25N5OS2. The van der Waals surface area contributed by atoms with Gasteiger partial charge < -0.3 is 0 Å². The molecule has 0 saturated heterocycles. The van der Waals surface area contributed by atoms with Crippen molar-refractivity contribution in [2.24, 2.45) is 11.3 Å². The van der Waals surface area contributed by atoms with Gasteiger partial charge in [-0.3, -0.25) is 10.1 Å². The van der Waals surface area contributed by atoms with Gasteiger partial charge in [0.05, 0.1) is 10.8 Å². The van der Waals surface area contributed by atoms with E-state index in [0.717, 1.165) is 30.0 Å². The number of nitriles is 1. The average molecular weight is 416 g/mol. The van der Waals surface area contributed by atoms with Crippen LogP contribution in [0.1, 0.15) is 55.9 Å². The van der Waals surface area contributed by atoms with E-state index in [4.69, 9.17) is 4.98 Å². The van der Waals surface area contributed by atoms with Crippen molar-refractivity contribution in [3.63, 3.8) is 0 Å². The highest BCUT2D eigenvalue weighted by atomic mass is 32.2. The molecule has 2 aromatic heterocycles. The van der Waals surface area contributed by atoms with Gasteiger partial charge in [-0.25, -0.2) is 4.98 Å². The fourth-order valence-electron chi connectivity index (χ4n) is 3.33. The zero-order valence-corrected chi connectivity index (χ0v) is 18.5. The topological polar surface area (TPSA) is 91.6 Å². The normalized spacial score (nSPS) is 17.5. The number of carbonyl (C=O) groups is 1. The van der Waals surface area contributed by atoms with Crippen LogP contribution >= 0.6 is 23.1 Å². The second-order valence-electron chi connectivity index (χ2n) is 8.24. The zero-order chi connectivity index (χ0) is 20.5. The Balaban J connectivity index is 1.75. The Kier molecular flexibility index (Phi) is 6.06. The maximum atomic E-state index is 12.5. The van der Waals surface area contributed by atoms with Gasteiger partial charge in [0, 0.05) is 5.69 Å². The number of anilines is 1. The van der Waals surface area contributed by atoms with E-state index in [2.05, 4.69) is 42.4 Å². The first-order chi connectivity index (χ1) is 13.2. The maximum absolute atomic E-state index is 12.5. The molecule has 1 N–H and O–H groups in total. The highest BCUT2D eigenvalue weighted by Gasteiger charge is 2.30. The van der Waals surface area contributed by atoms with E-state index in [1.54, 1.807) is 0 Å². The molecule has 0 aliphatic heterocycles. The molecule has 3 rings (SSSR count). The van der Waals surface area contributed by atoms with Crippen molar-refractivity contribution in [1.82, 2.24) is 15.2 Å². The standard InChI is InChI=1S/C20H25N5OS2/c1-11(17(26)23-19-25-24-12(2)28-19)27-18-14(10-21)8-13-9-15(20(3,4)5)6-7-16(13)22-18/h8,11,15H,6-7,9H2,1-5H3,(H,23,25,26). The van der Waals surface area contributed by atoms with Crippen molar-refractivity contribution in [1.29, 1.82) is 5.26 Å². The summed E-state index contributed by atoms with van der Waals surface area (Å²) in [4.78, 5) is 17.2. The van der Waals surface area contributed by atoms with E-state index >= 15 is 0 Å². The number of nitrogens with zero attached hydrogens (tertiary/aromatic N) is 4. The Hall–Kier alpha value is -1.98. The first kappa shape index (κ1) is 20.7. The lowest BCUT2D eigenvalue weighted by Gasteiger charge is -2.34. The molecule has 2 atom stereocenters. The largest absolute Gasteiger partial charge is 0.300 e. The number of hydrogen-bond donors (Lipinski definition) is 1. The summed E-state index contributed by atoms with van der Waals surface area (Å²) in [5.41, 5.74) is 3.03. The first-order valence-electron chi connectivity index (χ1n) is 9.38. The van der Waals surface area contributed by atoms with Gasteiger partial charge in [-0.2, -0.15) is 5.26 Å². The highest BCUT2D eigenvalue weighted by molar-refractivity contribution is 8.00. The van der Waals surface area contributed by atoms with Crippen molar-refractivity contribution >= 4 is 34.1 Å². The molecule has 2 aromatic rings. The maximum Gasteiger partial charge on any atom is 0.239 e. The van der Waals surface area contributed by atoms with Crippen LogP contribution in [0, 0.1) is 29.6 Å². The minimum absolute atomic E-state index is 0.169. The van der Waals surface area contributed by atoms with Crippen molar-refractivity contribution in [2.75, 3.05) is 5.32 Å². The second kappa shape index (κ2) is 8.18. The second-order valence-corrected chi connectivity index (χ2v) is 10.8. The average Bonchev–Trinajstić information content (AvgIpc) is 3.04. The third kappa shape index (κ3) is 4.70. The van der Waals surface area contributed by atoms with Gasteiger partial charge in [-0.1, -0.05) is 43.9 Å². The number of hydrogen-bond acceptors (Lipinski definition) is 7. The summed E-state index contributed by atoms with van der Waals surface area (Å²) in [7, 11) is 0. The van der Waals surface area contributed by atoms with E-state index in [-0.39, 0.29) is 11.3 Å². The van der Waals surface area contributed by atoms with Crippen molar-refractivity contribution in [2.45, 2.75) is 64.2 Å². The molecule has 0 radical (unpaired) electrons. The van der Waals surface area contributed by atoms with Gasteiger partial charge in [0.25, 0.3) is 0 Å². The number of aryl methyl sites for hydroxylation is 2. The smallest absolute Gasteiger partial charge is 0.239 e. The number of thioether (sulfide) groups is 1. The number of pyridine rings is 1. The van der Waals surface area contributed by atoms with Gasteiger partial charge in [0.15, 0.2) is 0 Å². The monoisotopic (exact) mass is 415 g/mol. The Labute approximate surface area is 174 Å². The van der Waals surface area contributed by atoms with Crippen molar-refractivity contribution in [3.8, 4) is 6.07 Å². The zero-order valence-electron chi connectivity index (χ0n) is 16.9. The number of nitrogens with one attached hydrogen (secondary N) is 1. The summed E-state index contributed by atoms with van der Waals surface area (Å²) < 4.78 is 0. The molecule has 2 unspecified atom stereocenters. The van der Waals surface area contributed by atoms with Crippen LogP contribution < -0.4 is 5.32 Å². The Morgan fingerprint density at radius 2 is 2.18 bits per heavy atom. The molecule has 0 spiro atoms. The Morgan fingerprint density at radius 3 is 2.79 bits per heavy atom. The lowest BCUT2D eigenvalue weighted by atomic mass is 9.71. The predicted molar refractivity (Wildman–Crippen MR) is 113 cm³/mol. The summed E-state index contributed by atoms with van der Waals surface area (Å²) in [6.07, 6.45) is 2.98. The van der Waals surface area contributed by atoms with Crippen LogP contribution in [0.3, 0.4) is 0 Å². The van der Waals surface area contributed by atoms with Crippen LogP contribution in [0.5, 0.6) is 0 Å². The summed E-state index contributed by atoms with van der Waals surface area (Å²) in [6.45, 7) is 10.5. The van der Waals surface area contributed by atoms with Gasteiger partial charge in [0.1, 0.15) is 16.1 Å². The summed E-state index contributed by atoms with van der Waals surface area (Å²) in [5.74, 6) is 0.421.